The van der Waals surface area contributed by atoms with Gasteiger partial charge in [-0.25, -0.2) is 0 Å². The molecule has 1 rings (SSSR count). The fraction of sp³-hybridized carbons (Fsp3) is 0.364. The Balaban J connectivity index is 2.34. The molecule has 2 N–H and O–H groups in total. The third-order valence-corrected chi connectivity index (χ3v) is 1.84. The lowest BCUT2D eigenvalue weighted by Gasteiger charge is -2.07. The lowest BCUT2D eigenvalue weighted by molar-refractivity contribution is 0.0992. The summed E-state index contributed by atoms with van der Waals surface area (Å²) in [5.74, 6) is 0. The lowest BCUT2D eigenvalue weighted by Crippen LogP contribution is -2.11. The number of hydrogen-bond acceptors (Lipinski definition) is 4. The highest BCUT2D eigenvalue weighted by Gasteiger charge is 1.98. The van der Waals surface area contributed by atoms with Crippen LogP contribution < -0.4 is 5.32 Å². The van der Waals surface area contributed by atoms with Crippen LogP contribution in [-0.4, -0.2) is 31.5 Å². The van der Waals surface area contributed by atoms with Gasteiger partial charge in [0.1, 0.15) is 6.07 Å². The van der Waals surface area contributed by atoms with Crippen molar-refractivity contribution >= 4 is 5.69 Å². The molecular weight excluding hydrogens is 192 g/mol. The van der Waals surface area contributed by atoms with Crippen LogP contribution in [0.15, 0.2) is 24.3 Å². The van der Waals surface area contributed by atoms with Gasteiger partial charge in [-0.1, -0.05) is 12.1 Å². The molecular formula is C11H14N2O2. The van der Waals surface area contributed by atoms with Crippen molar-refractivity contribution in [1.29, 1.82) is 5.26 Å². The molecule has 0 fully saturated rings. The molecule has 0 aromatic heterocycles. The smallest absolute Gasteiger partial charge is 0.101 e. The molecule has 0 atom stereocenters. The largest absolute Gasteiger partial charge is 0.394 e. The monoisotopic (exact) mass is 206 g/mol. The van der Waals surface area contributed by atoms with Crippen LogP contribution in [0.1, 0.15) is 5.56 Å². The number of ether oxygens (including phenoxy) is 1. The molecule has 0 aliphatic heterocycles. The molecule has 0 amide bonds. The standard InChI is InChI=1S/C11H14N2O2/c12-9-10-3-1-2-4-11(10)13-5-7-15-8-6-14/h1-4,13-14H,5-8H2. The van der Waals surface area contributed by atoms with E-state index in [0.717, 1.165) is 5.69 Å². The van der Waals surface area contributed by atoms with Crippen molar-refractivity contribution in [2.75, 3.05) is 31.7 Å². The van der Waals surface area contributed by atoms with Crippen LogP contribution in [0.2, 0.25) is 0 Å². The topological polar surface area (TPSA) is 65.3 Å². The van der Waals surface area contributed by atoms with Crippen LogP contribution in [0.25, 0.3) is 0 Å². The minimum atomic E-state index is 0.0365. The molecule has 15 heavy (non-hydrogen) atoms. The zero-order valence-electron chi connectivity index (χ0n) is 8.44. The number of hydrogen-bond donors (Lipinski definition) is 2. The number of aliphatic hydroxyl groups excluding tert-OH is 1. The molecule has 0 spiro atoms. The number of nitrogens with one attached hydrogen (secondary N) is 1. The average Bonchev–Trinajstić information content (AvgIpc) is 2.29. The highest BCUT2D eigenvalue weighted by molar-refractivity contribution is 5.56. The van der Waals surface area contributed by atoms with Gasteiger partial charge in [0.25, 0.3) is 0 Å². The number of rotatable bonds is 6. The summed E-state index contributed by atoms with van der Waals surface area (Å²) in [5, 5.41) is 20.4. The number of anilines is 1. The van der Waals surface area contributed by atoms with Crippen LogP contribution in [0.3, 0.4) is 0 Å². The summed E-state index contributed by atoms with van der Waals surface area (Å²) >= 11 is 0. The molecule has 0 aliphatic carbocycles. The molecule has 0 unspecified atom stereocenters. The Bertz CT molecular complexity index is 334. The second-order valence-electron chi connectivity index (χ2n) is 2.92. The van der Waals surface area contributed by atoms with Gasteiger partial charge < -0.3 is 15.2 Å². The summed E-state index contributed by atoms with van der Waals surface area (Å²) < 4.78 is 5.08. The Kier molecular flexibility index (Phi) is 5.23. The van der Waals surface area contributed by atoms with Crippen molar-refractivity contribution < 1.29 is 9.84 Å². The average molecular weight is 206 g/mol. The number of nitriles is 1. The molecule has 80 valence electrons. The summed E-state index contributed by atoms with van der Waals surface area (Å²) in [6, 6.07) is 9.42. The second kappa shape index (κ2) is 6.82. The Hall–Kier alpha value is -1.57. The van der Waals surface area contributed by atoms with Crippen molar-refractivity contribution in [2.24, 2.45) is 0 Å². The van der Waals surface area contributed by atoms with Crippen LogP contribution in [-0.2, 0) is 4.74 Å². The van der Waals surface area contributed by atoms with Gasteiger partial charge in [0, 0.05) is 6.54 Å². The van der Waals surface area contributed by atoms with Gasteiger partial charge in [0.15, 0.2) is 0 Å². The third kappa shape index (κ3) is 3.98. The zero-order valence-corrected chi connectivity index (χ0v) is 8.44. The molecule has 0 saturated heterocycles. The van der Waals surface area contributed by atoms with Gasteiger partial charge in [-0.3, -0.25) is 0 Å². The molecule has 0 radical (unpaired) electrons. The molecule has 0 heterocycles. The van der Waals surface area contributed by atoms with Crippen LogP contribution in [0.4, 0.5) is 5.69 Å². The number of benzene rings is 1. The summed E-state index contributed by atoms with van der Waals surface area (Å²) in [6.07, 6.45) is 0. The predicted molar refractivity (Wildman–Crippen MR) is 57.6 cm³/mol. The van der Waals surface area contributed by atoms with E-state index in [1.165, 1.54) is 0 Å². The van der Waals surface area contributed by atoms with E-state index >= 15 is 0 Å². The minimum absolute atomic E-state index is 0.0365. The fourth-order valence-corrected chi connectivity index (χ4v) is 1.16. The molecule has 0 bridgehead atoms. The van der Waals surface area contributed by atoms with Gasteiger partial charge in [0.05, 0.1) is 31.1 Å². The first-order valence-electron chi connectivity index (χ1n) is 4.80. The van der Waals surface area contributed by atoms with E-state index in [0.29, 0.717) is 25.3 Å². The first-order valence-corrected chi connectivity index (χ1v) is 4.80. The SMILES string of the molecule is N#Cc1ccccc1NCCOCCO. The van der Waals surface area contributed by atoms with E-state index in [4.69, 9.17) is 15.1 Å². The fourth-order valence-electron chi connectivity index (χ4n) is 1.16. The maximum absolute atomic E-state index is 8.80. The van der Waals surface area contributed by atoms with Gasteiger partial charge in [-0.2, -0.15) is 5.26 Å². The van der Waals surface area contributed by atoms with Crippen molar-refractivity contribution in [3.05, 3.63) is 29.8 Å². The van der Waals surface area contributed by atoms with E-state index in [2.05, 4.69) is 11.4 Å². The number of aliphatic hydroxyl groups is 1. The van der Waals surface area contributed by atoms with E-state index in [1.54, 1.807) is 6.07 Å². The van der Waals surface area contributed by atoms with E-state index in [1.807, 2.05) is 18.2 Å². The van der Waals surface area contributed by atoms with Crippen molar-refractivity contribution in [2.45, 2.75) is 0 Å². The van der Waals surface area contributed by atoms with Gasteiger partial charge >= 0.3 is 0 Å². The third-order valence-electron chi connectivity index (χ3n) is 1.84. The maximum Gasteiger partial charge on any atom is 0.101 e. The van der Waals surface area contributed by atoms with Crippen LogP contribution in [0, 0.1) is 11.3 Å². The Labute approximate surface area is 89.1 Å². The number of nitrogens with zero attached hydrogens (tertiary/aromatic N) is 1. The highest BCUT2D eigenvalue weighted by atomic mass is 16.5. The van der Waals surface area contributed by atoms with Gasteiger partial charge in [-0.15, -0.1) is 0 Å². The van der Waals surface area contributed by atoms with Crippen molar-refractivity contribution in [1.82, 2.24) is 0 Å². The quantitative estimate of drug-likeness (QED) is 0.681. The summed E-state index contributed by atoms with van der Waals surface area (Å²) in [6.45, 7) is 1.52. The normalized spacial score (nSPS) is 9.60. The molecule has 1 aromatic carbocycles. The summed E-state index contributed by atoms with van der Waals surface area (Å²) in [7, 11) is 0. The molecule has 4 nitrogen and oxygen atoms in total. The molecule has 1 aromatic rings. The van der Waals surface area contributed by atoms with E-state index in [9.17, 15) is 0 Å². The second-order valence-corrected chi connectivity index (χ2v) is 2.92. The number of para-hydroxylation sites is 1. The Morgan fingerprint density at radius 3 is 2.87 bits per heavy atom. The van der Waals surface area contributed by atoms with E-state index < -0.39 is 0 Å². The first-order chi connectivity index (χ1) is 7.38. The summed E-state index contributed by atoms with van der Waals surface area (Å²) in [5.41, 5.74) is 1.44. The Morgan fingerprint density at radius 2 is 2.13 bits per heavy atom. The maximum atomic E-state index is 8.80. The zero-order chi connectivity index (χ0) is 10.9. The summed E-state index contributed by atoms with van der Waals surface area (Å²) in [4.78, 5) is 0. The molecule has 0 aliphatic rings. The molecule has 0 saturated carbocycles. The van der Waals surface area contributed by atoms with E-state index in [-0.39, 0.29) is 6.61 Å². The predicted octanol–water partition coefficient (Wildman–Crippen LogP) is 0.979. The van der Waals surface area contributed by atoms with Gasteiger partial charge in [-0.05, 0) is 12.1 Å². The highest BCUT2D eigenvalue weighted by Crippen LogP contribution is 2.12. The molecule has 4 heteroatoms. The minimum Gasteiger partial charge on any atom is -0.394 e. The Morgan fingerprint density at radius 1 is 1.33 bits per heavy atom. The first kappa shape index (κ1) is 11.5. The van der Waals surface area contributed by atoms with Crippen LogP contribution >= 0.6 is 0 Å². The van der Waals surface area contributed by atoms with Crippen molar-refractivity contribution in [3.8, 4) is 6.07 Å². The lowest BCUT2D eigenvalue weighted by atomic mass is 10.2. The van der Waals surface area contributed by atoms with Crippen molar-refractivity contribution in [3.63, 3.8) is 0 Å². The van der Waals surface area contributed by atoms with Gasteiger partial charge in [0.2, 0.25) is 0 Å². The van der Waals surface area contributed by atoms with Crippen LogP contribution in [0.5, 0.6) is 0 Å².